The first-order valence-corrected chi connectivity index (χ1v) is 6.10. The van der Waals surface area contributed by atoms with Gasteiger partial charge in [0.2, 0.25) is 0 Å². The molecule has 0 aliphatic carbocycles. The molecule has 0 bridgehead atoms. The second-order valence-corrected chi connectivity index (χ2v) is 4.85. The first kappa shape index (κ1) is 14.6. The molecule has 0 fully saturated rings. The Morgan fingerprint density at radius 2 is 2.00 bits per heavy atom. The highest BCUT2D eigenvalue weighted by Crippen LogP contribution is 2.27. The molecule has 100 valence electrons. The minimum atomic E-state index is -0.932. The van der Waals surface area contributed by atoms with E-state index in [0.717, 1.165) is 11.4 Å². The Kier molecular flexibility index (Phi) is 4.40. The molecule has 18 heavy (non-hydrogen) atoms. The van der Waals surface area contributed by atoms with E-state index < -0.39 is 11.5 Å². The van der Waals surface area contributed by atoms with E-state index in [1.54, 1.807) is 26.2 Å². The van der Waals surface area contributed by atoms with Gasteiger partial charge in [0, 0.05) is 12.4 Å². The van der Waals surface area contributed by atoms with Crippen LogP contribution in [0.1, 0.15) is 45.1 Å². The standard InChI is InChI=1S/C13H21N3O2/c1-6-16(13(4,5)12(17)18)10(3)11-9(2)14-7-8-15-11/h7-8,10H,6H2,1-5H3,(H,17,18). The second-order valence-electron chi connectivity index (χ2n) is 4.85. The maximum atomic E-state index is 11.4. The number of rotatable bonds is 5. The molecule has 1 N–H and O–H groups in total. The summed E-state index contributed by atoms with van der Waals surface area (Å²) in [6.07, 6.45) is 3.28. The van der Waals surface area contributed by atoms with E-state index >= 15 is 0 Å². The molecule has 0 saturated heterocycles. The van der Waals surface area contributed by atoms with E-state index in [4.69, 9.17) is 0 Å². The summed E-state index contributed by atoms with van der Waals surface area (Å²) < 4.78 is 0. The SMILES string of the molecule is CCN(C(C)c1nccnc1C)C(C)(C)C(=O)O. The lowest BCUT2D eigenvalue weighted by molar-refractivity contribution is -0.150. The third kappa shape index (κ3) is 2.67. The number of aryl methyl sites for hydroxylation is 1. The highest BCUT2D eigenvalue weighted by atomic mass is 16.4. The maximum absolute atomic E-state index is 11.4. The first-order chi connectivity index (χ1) is 8.32. The van der Waals surface area contributed by atoms with Gasteiger partial charge in [-0.15, -0.1) is 0 Å². The van der Waals surface area contributed by atoms with Crippen LogP contribution in [-0.2, 0) is 4.79 Å². The van der Waals surface area contributed by atoms with Crippen molar-refractivity contribution in [1.82, 2.24) is 14.9 Å². The lowest BCUT2D eigenvalue weighted by Crippen LogP contribution is -2.51. The van der Waals surface area contributed by atoms with Crippen LogP contribution in [0.2, 0.25) is 0 Å². The van der Waals surface area contributed by atoms with Crippen molar-refractivity contribution in [3.8, 4) is 0 Å². The summed E-state index contributed by atoms with van der Waals surface area (Å²) in [6.45, 7) is 9.86. The van der Waals surface area contributed by atoms with E-state index in [-0.39, 0.29) is 6.04 Å². The number of hydrogen-bond acceptors (Lipinski definition) is 4. The van der Waals surface area contributed by atoms with E-state index in [9.17, 15) is 9.90 Å². The molecular formula is C13H21N3O2. The van der Waals surface area contributed by atoms with Gasteiger partial charge in [0.25, 0.3) is 0 Å². The van der Waals surface area contributed by atoms with Crippen molar-refractivity contribution < 1.29 is 9.90 Å². The molecule has 0 radical (unpaired) electrons. The summed E-state index contributed by atoms with van der Waals surface area (Å²) in [5.74, 6) is -0.835. The monoisotopic (exact) mass is 251 g/mol. The van der Waals surface area contributed by atoms with Crippen LogP contribution < -0.4 is 0 Å². The normalized spacial score (nSPS) is 13.7. The van der Waals surface area contributed by atoms with Gasteiger partial charge in [0.05, 0.1) is 17.4 Å². The fourth-order valence-corrected chi connectivity index (χ4v) is 2.25. The fourth-order valence-electron chi connectivity index (χ4n) is 2.25. The fraction of sp³-hybridized carbons (Fsp3) is 0.615. The Labute approximate surface area is 108 Å². The first-order valence-electron chi connectivity index (χ1n) is 6.10. The van der Waals surface area contributed by atoms with Gasteiger partial charge in [-0.1, -0.05) is 6.92 Å². The predicted molar refractivity (Wildman–Crippen MR) is 69.3 cm³/mol. The Morgan fingerprint density at radius 1 is 1.44 bits per heavy atom. The van der Waals surface area contributed by atoms with Crippen LogP contribution >= 0.6 is 0 Å². The van der Waals surface area contributed by atoms with Crippen molar-refractivity contribution in [3.05, 3.63) is 23.8 Å². The van der Waals surface area contributed by atoms with E-state index in [1.807, 2.05) is 25.7 Å². The maximum Gasteiger partial charge on any atom is 0.323 e. The molecule has 5 nitrogen and oxygen atoms in total. The Balaban J connectivity index is 3.11. The minimum absolute atomic E-state index is 0.0881. The minimum Gasteiger partial charge on any atom is -0.480 e. The van der Waals surface area contributed by atoms with Gasteiger partial charge in [0.15, 0.2) is 0 Å². The van der Waals surface area contributed by atoms with Crippen molar-refractivity contribution in [3.63, 3.8) is 0 Å². The Hall–Kier alpha value is -1.49. The Morgan fingerprint density at radius 3 is 2.44 bits per heavy atom. The third-order valence-electron chi connectivity index (χ3n) is 3.36. The van der Waals surface area contributed by atoms with Gasteiger partial charge >= 0.3 is 5.97 Å². The number of carboxylic acid groups (broad SMARTS) is 1. The number of nitrogens with zero attached hydrogens (tertiary/aromatic N) is 3. The molecule has 1 aromatic rings. The second kappa shape index (κ2) is 5.44. The van der Waals surface area contributed by atoms with Crippen LogP contribution in [0.5, 0.6) is 0 Å². The van der Waals surface area contributed by atoms with Gasteiger partial charge < -0.3 is 5.11 Å². The highest BCUT2D eigenvalue weighted by Gasteiger charge is 2.37. The van der Waals surface area contributed by atoms with Gasteiger partial charge in [-0.25, -0.2) is 0 Å². The van der Waals surface area contributed by atoms with Crippen molar-refractivity contribution in [1.29, 1.82) is 0 Å². The highest BCUT2D eigenvalue weighted by molar-refractivity contribution is 5.77. The summed E-state index contributed by atoms with van der Waals surface area (Å²) in [5, 5.41) is 9.33. The number of carbonyl (C=O) groups is 1. The smallest absolute Gasteiger partial charge is 0.323 e. The van der Waals surface area contributed by atoms with Crippen LogP contribution in [0.3, 0.4) is 0 Å². The molecule has 0 spiro atoms. The number of aromatic nitrogens is 2. The lowest BCUT2D eigenvalue weighted by Gasteiger charge is -2.38. The molecule has 0 amide bonds. The van der Waals surface area contributed by atoms with Gasteiger partial charge in [-0.05, 0) is 34.2 Å². The number of likely N-dealkylation sites (N-methyl/N-ethyl adjacent to an activating group) is 1. The van der Waals surface area contributed by atoms with Crippen LogP contribution in [0.4, 0.5) is 0 Å². The van der Waals surface area contributed by atoms with Crippen molar-refractivity contribution in [2.75, 3.05) is 6.54 Å². The summed E-state index contributed by atoms with van der Waals surface area (Å²) >= 11 is 0. The molecule has 1 aromatic heterocycles. The Bertz CT molecular complexity index is 432. The molecular weight excluding hydrogens is 230 g/mol. The summed E-state index contributed by atoms with van der Waals surface area (Å²) in [6, 6.07) is -0.0881. The van der Waals surface area contributed by atoms with E-state index in [1.165, 1.54) is 0 Å². The van der Waals surface area contributed by atoms with E-state index in [2.05, 4.69) is 9.97 Å². The number of hydrogen-bond donors (Lipinski definition) is 1. The van der Waals surface area contributed by atoms with Crippen LogP contribution in [0, 0.1) is 6.92 Å². The molecule has 0 aliphatic heterocycles. The largest absolute Gasteiger partial charge is 0.480 e. The van der Waals surface area contributed by atoms with Gasteiger partial charge in [0.1, 0.15) is 5.54 Å². The average molecular weight is 251 g/mol. The molecule has 5 heteroatoms. The zero-order valence-electron chi connectivity index (χ0n) is 11.6. The molecule has 1 unspecified atom stereocenters. The molecule has 0 aliphatic rings. The van der Waals surface area contributed by atoms with Crippen molar-refractivity contribution >= 4 is 5.97 Å². The molecule has 0 aromatic carbocycles. The van der Waals surface area contributed by atoms with Crippen LogP contribution in [0.15, 0.2) is 12.4 Å². The summed E-state index contributed by atoms with van der Waals surface area (Å²) in [5.41, 5.74) is 0.733. The van der Waals surface area contributed by atoms with Gasteiger partial charge in [-0.3, -0.25) is 19.7 Å². The molecule has 1 rings (SSSR count). The zero-order chi connectivity index (χ0) is 13.9. The third-order valence-corrected chi connectivity index (χ3v) is 3.36. The summed E-state index contributed by atoms with van der Waals surface area (Å²) in [7, 11) is 0. The summed E-state index contributed by atoms with van der Waals surface area (Å²) in [4.78, 5) is 21.8. The van der Waals surface area contributed by atoms with E-state index in [0.29, 0.717) is 6.54 Å². The van der Waals surface area contributed by atoms with Crippen LogP contribution in [-0.4, -0.2) is 38.0 Å². The number of carboxylic acids is 1. The lowest BCUT2D eigenvalue weighted by atomic mass is 9.99. The van der Waals surface area contributed by atoms with Crippen molar-refractivity contribution in [2.24, 2.45) is 0 Å². The van der Waals surface area contributed by atoms with Crippen LogP contribution in [0.25, 0.3) is 0 Å². The molecule has 0 saturated carbocycles. The molecule has 1 heterocycles. The van der Waals surface area contributed by atoms with Gasteiger partial charge in [-0.2, -0.15) is 0 Å². The predicted octanol–water partition coefficient (Wildman–Crippen LogP) is 2.03. The quantitative estimate of drug-likeness (QED) is 0.867. The topological polar surface area (TPSA) is 66.3 Å². The zero-order valence-corrected chi connectivity index (χ0v) is 11.6. The van der Waals surface area contributed by atoms with Crippen molar-refractivity contribution in [2.45, 2.75) is 46.2 Å². The average Bonchev–Trinajstić information content (AvgIpc) is 2.29. The number of aliphatic carboxylic acids is 1. The molecule has 1 atom stereocenters.